The molecule has 30 heavy (non-hydrogen) atoms. The topological polar surface area (TPSA) is 47.0 Å². The van der Waals surface area contributed by atoms with E-state index in [9.17, 15) is 4.39 Å². The van der Waals surface area contributed by atoms with Gasteiger partial charge in [0.2, 0.25) is 5.88 Å². The number of anilines is 2. The first kappa shape index (κ1) is 19.6. The second-order valence-corrected chi connectivity index (χ2v) is 7.22. The number of pyridine rings is 2. The zero-order valence-electron chi connectivity index (χ0n) is 16.8. The third kappa shape index (κ3) is 4.46. The lowest BCUT2D eigenvalue weighted by Crippen LogP contribution is -1.96. The molecule has 2 heterocycles. The molecule has 1 N–H and O–H groups in total. The maximum atomic E-state index is 13.8. The smallest absolute Gasteiger partial charge is 0.227 e. The van der Waals surface area contributed by atoms with Crippen LogP contribution in [0, 0.1) is 5.82 Å². The van der Waals surface area contributed by atoms with Gasteiger partial charge in [0.25, 0.3) is 0 Å². The summed E-state index contributed by atoms with van der Waals surface area (Å²) in [6, 6.07) is 22.5. The van der Waals surface area contributed by atoms with Gasteiger partial charge in [0.1, 0.15) is 5.75 Å². The van der Waals surface area contributed by atoms with Gasteiger partial charge in [0.15, 0.2) is 11.6 Å². The van der Waals surface area contributed by atoms with Crippen molar-refractivity contribution in [1.82, 2.24) is 9.97 Å². The fourth-order valence-electron chi connectivity index (χ4n) is 3.07. The molecule has 0 amide bonds. The second-order valence-electron chi connectivity index (χ2n) is 7.22. The van der Waals surface area contributed by atoms with Crippen molar-refractivity contribution in [1.29, 1.82) is 0 Å². The first-order valence-electron chi connectivity index (χ1n) is 9.81. The summed E-state index contributed by atoms with van der Waals surface area (Å²) >= 11 is 0. The molecule has 0 saturated heterocycles. The molecule has 4 aromatic rings. The highest BCUT2D eigenvalue weighted by Crippen LogP contribution is 2.32. The molecule has 2 aromatic carbocycles. The highest BCUT2D eigenvalue weighted by molar-refractivity contribution is 5.69. The Bertz CT molecular complexity index is 1130. The van der Waals surface area contributed by atoms with Gasteiger partial charge in [-0.2, -0.15) is 0 Å². The minimum atomic E-state index is -0.403. The monoisotopic (exact) mass is 399 g/mol. The van der Waals surface area contributed by atoms with E-state index in [2.05, 4.69) is 53.4 Å². The van der Waals surface area contributed by atoms with E-state index in [4.69, 9.17) is 4.74 Å². The lowest BCUT2D eigenvalue weighted by molar-refractivity contribution is 0.465. The summed E-state index contributed by atoms with van der Waals surface area (Å²) in [4.78, 5) is 8.41. The van der Waals surface area contributed by atoms with Gasteiger partial charge in [0, 0.05) is 23.6 Å². The Hall–Kier alpha value is -3.73. The van der Waals surface area contributed by atoms with Crippen LogP contribution in [0.4, 0.5) is 15.9 Å². The molecule has 2 aromatic heterocycles. The average molecular weight is 399 g/mol. The summed E-state index contributed by atoms with van der Waals surface area (Å²) in [5, 5.41) is 2.96. The van der Waals surface area contributed by atoms with Crippen LogP contribution in [0.5, 0.6) is 11.6 Å². The fraction of sp³-hybridized carbons (Fsp3) is 0.120. The Morgan fingerprint density at radius 2 is 1.53 bits per heavy atom. The summed E-state index contributed by atoms with van der Waals surface area (Å²) < 4.78 is 19.8. The number of hydrogen-bond acceptors (Lipinski definition) is 4. The van der Waals surface area contributed by atoms with E-state index in [0.717, 1.165) is 11.1 Å². The molecule has 0 aliphatic heterocycles. The average Bonchev–Trinajstić information content (AvgIpc) is 2.77. The Morgan fingerprint density at radius 1 is 0.833 bits per heavy atom. The summed E-state index contributed by atoms with van der Waals surface area (Å²) in [5.74, 6) is 1.44. The molecule has 0 aliphatic carbocycles. The van der Waals surface area contributed by atoms with Crippen molar-refractivity contribution in [2.75, 3.05) is 5.32 Å². The van der Waals surface area contributed by atoms with Crippen LogP contribution in [0.15, 0.2) is 85.2 Å². The van der Waals surface area contributed by atoms with Gasteiger partial charge in [-0.3, -0.25) is 0 Å². The Morgan fingerprint density at radius 3 is 2.23 bits per heavy atom. The Balaban J connectivity index is 1.53. The highest BCUT2D eigenvalue weighted by Gasteiger charge is 2.10. The molecular formula is C25H22FN3O. The third-order valence-corrected chi connectivity index (χ3v) is 4.75. The molecule has 0 fully saturated rings. The first-order chi connectivity index (χ1) is 14.6. The van der Waals surface area contributed by atoms with Crippen LogP contribution in [0.3, 0.4) is 0 Å². The molecule has 0 aliphatic rings. The largest absolute Gasteiger partial charge is 0.438 e. The van der Waals surface area contributed by atoms with Crippen LogP contribution in [0.25, 0.3) is 11.1 Å². The molecule has 0 unspecified atom stereocenters. The van der Waals surface area contributed by atoms with Crippen molar-refractivity contribution in [3.8, 4) is 22.8 Å². The van der Waals surface area contributed by atoms with Crippen molar-refractivity contribution in [3.63, 3.8) is 0 Å². The number of aromatic nitrogens is 2. The van der Waals surface area contributed by atoms with Crippen LogP contribution >= 0.6 is 0 Å². The zero-order valence-corrected chi connectivity index (χ0v) is 16.8. The number of halogens is 1. The minimum absolute atomic E-state index is 0.183. The number of nitrogens with one attached hydrogen (secondary N) is 1. The van der Waals surface area contributed by atoms with Gasteiger partial charge in [-0.15, -0.1) is 0 Å². The maximum absolute atomic E-state index is 13.8. The summed E-state index contributed by atoms with van der Waals surface area (Å²) in [5.41, 5.74) is 3.97. The van der Waals surface area contributed by atoms with Crippen molar-refractivity contribution < 1.29 is 9.13 Å². The van der Waals surface area contributed by atoms with E-state index in [1.165, 1.54) is 11.6 Å². The van der Waals surface area contributed by atoms with Crippen molar-refractivity contribution in [2.24, 2.45) is 0 Å². The van der Waals surface area contributed by atoms with Crippen LogP contribution in [-0.2, 0) is 0 Å². The number of nitrogens with zero attached hydrogens (tertiary/aromatic N) is 2. The van der Waals surface area contributed by atoms with Crippen LogP contribution in [0.2, 0.25) is 0 Å². The highest BCUT2D eigenvalue weighted by atomic mass is 19.1. The number of rotatable bonds is 6. The molecule has 4 nitrogen and oxygen atoms in total. The molecule has 4 rings (SSSR count). The van der Waals surface area contributed by atoms with E-state index in [0.29, 0.717) is 23.2 Å². The number of ether oxygens (including phenoxy) is 1. The van der Waals surface area contributed by atoms with Gasteiger partial charge >= 0.3 is 0 Å². The standard InChI is InChI=1S/C25H22FN3O/c1-17(2)18-7-9-19(10-8-18)22-5-3-16-28-25(22)30-21-13-11-20(12-14-21)29-24-23(26)6-4-15-27-24/h3-17H,1-2H3,(H,27,29). The van der Waals surface area contributed by atoms with Crippen molar-refractivity contribution in [2.45, 2.75) is 19.8 Å². The SMILES string of the molecule is CC(C)c1ccc(-c2cccnc2Oc2ccc(Nc3ncccc3F)cc2)cc1. The van der Waals surface area contributed by atoms with E-state index < -0.39 is 5.82 Å². The summed E-state index contributed by atoms with van der Waals surface area (Å²) in [6.45, 7) is 4.35. The van der Waals surface area contributed by atoms with E-state index in [1.807, 2.05) is 36.4 Å². The molecule has 0 radical (unpaired) electrons. The molecule has 0 bridgehead atoms. The van der Waals surface area contributed by atoms with Crippen LogP contribution in [-0.4, -0.2) is 9.97 Å². The number of hydrogen-bond donors (Lipinski definition) is 1. The van der Waals surface area contributed by atoms with E-state index in [1.54, 1.807) is 18.5 Å². The van der Waals surface area contributed by atoms with Crippen molar-refractivity contribution in [3.05, 3.63) is 96.6 Å². The van der Waals surface area contributed by atoms with Gasteiger partial charge < -0.3 is 10.1 Å². The zero-order chi connectivity index (χ0) is 20.9. The first-order valence-corrected chi connectivity index (χ1v) is 9.81. The molecule has 0 saturated carbocycles. The van der Waals surface area contributed by atoms with Crippen molar-refractivity contribution >= 4 is 11.5 Å². The van der Waals surface area contributed by atoms with Gasteiger partial charge in [-0.1, -0.05) is 38.1 Å². The predicted octanol–water partition coefficient (Wildman–Crippen LogP) is 6.94. The quantitative estimate of drug-likeness (QED) is 0.381. The van der Waals surface area contributed by atoms with E-state index in [-0.39, 0.29) is 5.82 Å². The molecule has 5 heteroatoms. The lowest BCUT2D eigenvalue weighted by atomic mass is 9.99. The Labute approximate surface area is 175 Å². The molecule has 0 atom stereocenters. The third-order valence-electron chi connectivity index (χ3n) is 4.75. The molecule has 150 valence electrons. The lowest BCUT2D eigenvalue weighted by Gasteiger charge is -2.12. The van der Waals surface area contributed by atoms with Crippen LogP contribution in [0.1, 0.15) is 25.3 Å². The molecular weight excluding hydrogens is 377 g/mol. The van der Waals surface area contributed by atoms with Crippen LogP contribution < -0.4 is 10.1 Å². The number of benzene rings is 2. The summed E-state index contributed by atoms with van der Waals surface area (Å²) in [6.07, 6.45) is 3.25. The second kappa shape index (κ2) is 8.74. The molecule has 0 spiro atoms. The van der Waals surface area contributed by atoms with E-state index >= 15 is 0 Å². The summed E-state index contributed by atoms with van der Waals surface area (Å²) in [7, 11) is 0. The maximum Gasteiger partial charge on any atom is 0.227 e. The van der Waals surface area contributed by atoms with Gasteiger partial charge in [0.05, 0.1) is 0 Å². The normalized spacial score (nSPS) is 10.8. The minimum Gasteiger partial charge on any atom is -0.438 e. The van der Waals surface area contributed by atoms with Gasteiger partial charge in [-0.05, 0) is 65.6 Å². The van der Waals surface area contributed by atoms with Gasteiger partial charge in [-0.25, -0.2) is 14.4 Å². The predicted molar refractivity (Wildman–Crippen MR) is 118 cm³/mol. The Kier molecular flexibility index (Phi) is 5.70. The fourth-order valence-corrected chi connectivity index (χ4v) is 3.07.